The largest absolute Gasteiger partial charge is 0.347 e. The second kappa shape index (κ2) is 3.70. The molecule has 1 heterocycles. The minimum absolute atomic E-state index is 1.02. The van der Waals surface area contributed by atoms with Gasteiger partial charge in [-0.3, -0.25) is 0 Å². The molecular formula is C13H15N. The lowest BCUT2D eigenvalue weighted by molar-refractivity contribution is 0.739. The maximum absolute atomic E-state index is 3.74. The highest BCUT2D eigenvalue weighted by Crippen LogP contribution is 2.19. The van der Waals surface area contributed by atoms with Gasteiger partial charge in [-0.05, 0) is 31.0 Å². The predicted molar refractivity (Wildman–Crippen MR) is 61.5 cm³/mol. The van der Waals surface area contributed by atoms with Crippen molar-refractivity contribution in [3.63, 3.8) is 0 Å². The summed E-state index contributed by atoms with van der Waals surface area (Å²) < 4.78 is 2.28. The number of allylic oxidation sites excluding steroid dienone is 1. The highest BCUT2D eigenvalue weighted by atomic mass is 14.9. The molecule has 2 aromatic rings. The molecule has 72 valence electrons. The number of aryl methyl sites for hydroxylation is 2. The van der Waals surface area contributed by atoms with Crippen molar-refractivity contribution in [3.8, 4) is 0 Å². The van der Waals surface area contributed by atoms with Crippen molar-refractivity contribution in [2.45, 2.75) is 19.9 Å². The Kier molecular flexibility index (Phi) is 2.40. The molecule has 14 heavy (non-hydrogen) atoms. The van der Waals surface area contributed by atoms with E-state index in [1.165, 1.54) is 16.5 Å². The summed E-state index contributed by atoms with van der Waals surface area (Å²) in [6, 6.07) is 8.63. The molecule has 0 spiro atoms. The fourth-order valence-electron chi connectivity index (χ4n) is 1.80. The Morgan fingerprint density at radius 2 is 2.21 bits per heavy atom. The van der Waals surface area contributed by atoms with E-state index in [9.17, 15) is 0 Å². The highest BCUT2D eigenvalue weighted by Gasteiger charge is 2.00. The molecular weight excluding hydrogens is 170 g/mol. The molecule has 0 aliphatic heterocycles. The molecule has 2 rings (SSSR count). The average Bonchev–Trinajstić information content (AvgIpc) is 2.60. The van der Waals surface area contributed by atoms with Crippen LogP contribution in [0.25, 0.3) is 10.9 Å². The van der Waals surface area contributed by atoms with E-state index in [0.29, 0.717) is 0 Å². The molecule has 0 radical (unpaired) electrons. The standard InChI is InChI=1S/C13H15N/c1-3-4-9-14-10-8-12-11(2)6-5-7-13(12)14/h3,5-8,10H,1,4,9H2,2H3. The molecule has 0 bridgehead atoms. The Hall–Kier alpha value is -1.50. The molecule has 0 aliphatic rings. The molecule has 0 saturated heterocycles. The normalized spacial score (nSPS) is 10.6. The molecule has 1 aromatic carbocycles. The van der Waals surface area contributed by atoms with Gasteiger partial charge in [0.05, 0.1) is 0 Å². The lowest BCUT2D eigenvalue weighted by atomic mass is 10.1. The number of aromatic nitrogens is 1. The Morgan fingerprint density at radius 3 is 3.00 bits per heavy atom. The van der Waals surface area contributed by atoms with Gasteiger partial charge >= 0.3 is 0 Å². The van der Waals surface area contributed by atoms with E-state index in [-0.39, 0.29) is 0 Å². The van der Waals surface area contributed by atoms with Crippen molar-refractivity contribution < 1.29 is 0 Å². The van der Waals surface area contributed by atoms with Crippen LogP contribution >= 0.6 is 0 Å². The van der Waals surface area contributed by atoms with Gasteiger partial charge in [-0.2, -0.15) is 0 Å². The average molecular weight is 185 g/mol. The van der Waals surface area contributed by atoms with Crippen LogP contribution in [-0.4, -0.2) is 4.57 Å². The molecule has 1 nitrogen and oxygen atoms in total. The fourth-order valence-corrected chi connectivity index (χ4v) is 1.80. The monoisotopic (exact) mass is 185 g/mol. The minimum atomic E-state index is 1.02. The molecule has 0 N–H and O–H groups in total. The molecule has 0 atom stereocenters. The van der Waals surface area contributed by atoms with E-state index in [4.69, 9.17) is 0 Å². The van der Waals surface area contributed by atoms with Crippen molar-refractivity contribution in [1.82, 2.24) is 4.57 Å². The van der Waals surface area contributed by atoms with Gasteiger partial charge in [0.1, 0.15) is 0 Å². The van der Waals surface area contributed by atoms with Crippen molar-refractivity contribution in [2.24, 2.45) is 0 Å². The van der Waals surface area contributed by atoms with E-state index < -0.39 is 0 Å². The molecule has 0 fully saturated rings. The molecule has 1 heteroatoms. The zero-order valence-electron chi connectivity index (χ0n) is 8.53. The van der Waals surface area contributed by atoms with E-state index in [1.54, 1.807) is 0 Å². The number of rotatable bonds is 3. The van der Waals surface area contributed by atoms with Crippen LogP contribution in [0.4, 0.5) is 0 Å². The summed E-state index contributed by atoms with van der Waals surface area (Å²) in [5.41, 5.74) is 2.67. The smallest absolute Gasteiger partial charge is 0.0483 e. The van der Waals surface area contributed by atoms with Crippen LogP contribution in [0.1, 0.15) is 12.0 Å². The first-order chi connectivity index (χ1) is 6.83. The third kappa shape index (κ3) is 1.46. The Balaban J connectivity index is 2.47. The molecule has 0 saturated carbocycles. The van der Waals surface area contributed by atoms with Crippen LogP contribution in [0.5, 0.6) is 0 Å². The Labute approximate surface area is 84.7 Å². The number of nitrogens with zero attached hydrogens (tertiary/aromatic N) is 1. The van der Waals surface area contributed by atoms with Gasteiger partial charge < -0.3 is 4.57 Å². The highest BCUT2D eigenvalue weighted by molar-refractivity contribution is 5.83. The van der Waals surface area contributed by atoms with Gasteiger partial charge in [0.25, 0.3) is 0 Å². The third-order valence-electron chi connectivity index (χ3n) is 2.61. The van der Waals surface area contributed by atoms with E-state index in [0.717, 1.165) is 13.0 Å². The summed E-state index contributed by atoms with van der Waals surface area (Å²) in [7, 11) is 0. The Bertz CT molecular complexity index is 451. The van der Waals surface area contributed by atoms with E-state index in [2.05, 4.69) is 48.5 Å². The number of hydrogen-bond donors (Lipinski definition) is 0. The van der Waals surface area contributed by atoms with Crippen molar-refractivity contribution in [1.29, 1.82) is 0 Å². The molecule has 0 amide bonds. The second-order valence-corrected chi connectivity index (χ2v) is 3.59. The summed E-state index contributed by atoms with van der Waals surface area (Å²) in [4.78, 5) is 0. The van der Waals surface area contributed by atoms with Crippen molar-refractivity contribution in [3.05, 3.63) is 48.7 Å². The first-order valence-corrected chi connectivity index (χ1v) is 4.98. The summed E-state index contributed by atoms with van der Waals surface area (Å²) in [6.45, 7) is 6.92. The first kappa shape index (κ1) is 9.07. The van der Waals surface area contributed by atoms with Gasteiger partial charge in [-0.1, -0.05) is 18.2 Å². The second-order valence-electron chi connectivity index (χ2n) is 3.59. The van der Waals surface area contributed by atoms with Crippen molar-refractivity contribution in [2.75, 3.05) is 0 Å². The topological polar surface area (TPSA) is 4.93 Å². The first-order valence-electron chi connectivity index (χ1n) is 4.98. The van der Waals surface area contributed by atoms with Crippen LogP contribution in [0.2, 0.25) is 0 Å². The van der Waals surface area contributed by atoms with Gasteiger partial charge in [-0.25, -0.2) is 0 Å². The van der Waals surface area contributed by atoms with Crippen molar-refractivity contribution >= 4 is 10.9 Å². The summed E-state index contributed by atoms with van der Waals surface area (Å²) in [6.07, 6.45) is 5.14. The summed E-state index contributed by atoms with van der Waals surface area (Å²) >= 11 is 0. The SMILES string of the molecule is C=CCCn1ccc2c(C)cccc21. The lowest BCUT2D eigenvalue weighted by Crippen LogP contribution is -1.93. The van der Waals surface area contributed by atoms with Gasteiger partial charge in [-0.15, -0.1) is 6.58 Å². The number of benzene rings is 1. The quantitative estimate of drug-likeness (QED) is 0.645. The minimum Gasteiger partial charge on any atom is -0.347 e. The van der Waals surface area contributed by atoms with Crippen LogP contribution in [-0.2, 0) is 6.54 Å². The maximum Gasteiger partial charge on any atom is 0.0483 e. The predicted octanol–water partition coefficient (Wildman–Crippen LogP) is 3.53. The molecule has 1 aromatic heterocycles. The zero-order valence-corrected chi connectivity index (χ0v) is 8.53. The van der Waals surface area contributed by atoms with Gasteiger partial charge in [0, 0.05) is 23.6 Å². The van der Waals surface area contributed by atoms with Crippen LogP contribution < -0.4 is 0 Å². The summed E-state index contributed by atoms with van der Waals surface area (Å²) in [5.74, 6) is 0. The van der Waals surface area contributed by atoms with Gasteiger partial charge in [0.15, 0.2) is 0 Å². The number of fused-ring (bicyclic) bond motifs is 1. The maximum atomic E-state index is 3.74. The Morgan fingerprint density at radius 1 is 1.36 bits per heavy atom. The van der Waals surface area contributed by atoms with Crippen LogP contribution in [0.15, 0.2) is 43.1 Å². The molecule has 0 aliphatic carbocycles. The van der Waals surface area contributed by atoms with E-state index in [1.807, 2.05) is 6.08 Å². The number of hydrogen-bond acceptors (Lipinski definition) is 0. The lowest BCUT2D eigenvalue weighted by Gasteiger charge is -2.03. The van der Waals surface area contributed by atoms with E-state index >= 15 is 0 Å². The third-order valence-corrected chi connectivity index (χ3v) is 2.61. The van der Waals surface area contributed by atoms with Crippen LogP contribution in [0.3, 0.4) is 0 Å². The van der Waals surface area contributed by atoms with Crippen LogP contribution in [0, 0.1) is 6.92 Å². The summed E-state index contributed by atoms with van der Waals surface area (Å²) in [5, 5.41) is 1.36. The fraction of sp³-hybridized carbons (Fsp3) is 0.231. The van der Waals surface area contributed by atoms with Gasteiger partial charge in [0.2, 0.25) is 0 Å². The zero-order chi connectivity index (χ0) is 9.97. The molecule has 0 unspecified atom stereocenters.